The van der Waals surface area contributed by atoms with E-state index in [9.17, 15) is 9.59 Å². The maximum Gasteiger partial charge on any atom is 0.303 e. The van der Waals surface area contributed by atoms with Crippen LogP contribution in [0.2, 0.25) is 0 Å². The Morgan fingerprint density at radius 3 is 2.57 bits per heavy atom. The first-order valence-electron chi connectivity index (χ1n) is 6.47. The van der Waals surface area contributed by atoms with Crippen LogP contribution in [0, 0.1) is 0 Å². The lowest BCUT2D eigenvalue weighted by Gasteiger charge is -2.03. The second-order valence-electron chi connectivity index (χ2n) is 4.43. The molecule has 0 atom stereocenters. The van der Waals surface area contributed by atoms with Crippen molar-refractivity contribution in [3.8, 4) is 0 Å². The molecule has 21 heavy (non-hydrogen) atoms. The predicted molar refractivity (Wildman–Crippen MR) is 78.8 cm³/mol. The maximum absolute atomic E-state index is 11.7. The van der Waals surface area contributed by atoms with Gasteiger partial charge in [0.1, 0.15) is 5.76 Å². The summed E-state index contributed by atoms with van der Waals surface area (Å²) in [5, 5.41) is 11.3. The molecule has 108 valence electrons. The Balaban J connectivity index is 1.87. The van der Waals surface area contributed by atoms with Crippen LogP contribution in [0.1, 0.15) is 17.7 Å². The summed E-state index contributed by atoms with van der Waals surface area (Å²) in [6.45, 7) is 0. The predicted octanol–water partition coefficient (Wildman–Crippen LogP) is 2.95. The average molecular weight is 285 g/mol. The second kappa shape index (κ2) is 7.09. The maximum atomic E-state index is 11.7. The third kappa shape index (κ3) is 4.99. The number of carbonyl (C=O) groups is 2. The zero-order valence-electron chi connectivity index (χ0n) is 11.3. The number of nitrogens with one attached hydrogen (secondary N) is 1. The number of carboxylic acid groups (broad SMARTS) is 1. The highest BCUT2D eigenvalue weighted by atomic mass is 16.4. The number of hydrogen-bond donors (Lipinski definition) is 2. The van der Waals surface area contributed by atoms with Gasteiger partial charge in [-0.25, -0.2) is 0 Å². The Hall–Kier alpha value is -2.82. The molecule has 0 saturated carbocycles. The zero-order chi connectivity index (χ0) is 15.1. The van der Waals surface area contributed by atoms with Crippen molar-refractivity contribution in [2.24, 2.45) is 0 Å². The number of aryl methyl sites for hydroxylation is 1. The van der Waals surface area contributed by atoms with Gasteiger partial charge in [-0.1, -0.05) is 12.1 Å². The number of benzene rings is 1. The van der Waals surface area contributed by atoms with Gasteiger partial charge in [-0.2, -0.15) is 0 Å². The summed E-state index contributed by atoms with van der Waals surface area (Å²) in [6.07, 6.45) is 5.07. The summed E-state index contributed by atoms with van der Waals surface area (Å²) in [4.78, 5) is 22.2. The van der Waals surface area contributed by atoms with Gasteiger partial charge in [0.2, 0.25) is 5.91 Å². The molecule has 2 rings (SSSR count). The van der Waals surface area contributed by atoms with Crippen LogP contribution in [-0.4, -0.2) is 17.0 Å². The molecule has 0 aliphatic carbocycles. The van der Waals surface area contributed by atoms with E-state index >= 15 is 0 Å². The zero-order valence-corrected chi connectivity index (χ0v) is 11.3. The molecule has 1 aromatic carbocycles. The standard InChI is InChI=1S/C16H15NO4/c18-15(9-8-14-2-1-11-21-14)17-13-6-3-12(4-7-13)5-10-16(19)20/h1-4,6-9,11H,5,10H2,(H,17,18)(H,19,20). The normalized spacial score (nSPS) is 10.7. The van der Waals surface area contributed by atoms with E-state index in [0.29, 0.717) is 17.9 Å². The Labute approximate surface area is 121 Å². The minimum atomic E-state index is -0.824. The number of furan rings is 1. The summed E-state index contributed by atoms with van der Waals surface area (Å²) in [5.41, 5.74) is 1.57. The lowest BCUT2D eigenvalue weighted by Crippen LogP contribution is -2.07. The van der Waals surface area contributed by atoms with Crippen molar-refractivity contribution in [3.63, 3.8) is 0 Å². The molecule has 1 heterocycles. The van der Waals surface area contributed by atoms with Gasteiger partial charge in [0, 0.05) is 18.2 Å². The average Bonchev–Trinajstić information content (AvgIpc) is 2.98. The molecule has 1 amide bonds. The van der Waals surface area contributed by atoms with Crippen LogP contribution in [0.3, 0.4) is 0 Å². The lowest BCUT2D eigenvalue weighted by atomic mass is 10.1. The minimum absolute atomic E-state index is 0.0948. The molecule has 5 nitrogen and oxygen atoms in total. The number of carbonyl (C=O) groups excluding carboxylic acids is 1. The molecule has 1 aromatic heterocycles. The Kier molecular flexibility index (Phi) is 4.93. The first-order valence-corrected chi connectivity index (χ1v) is 6.47. The van der Waals surface area contributed by atoms with Crippen LogP contribution >= 0.6 is 0 Å². The van der Waals surface area contributed by atoms with E-state index in [1.165, 1.54) is 12.3 Å². The number of anilines is 1. The molecule has 0 saturated heterocycles. The molecule has 0 spiro atoms. The molecular formula is C16H15NO4. The van der Waals surface area contributed by atoms with Crippen LogP contribution in [0.25, 0.3) is 6.08 Å². The molecule has 0 unspecified atom stereocenters. The van der Waals surface area contributed by atoms with Crippen molar-refractivity contribution >= 4 is 23.6 Å². The summed E-state index contributed by atoms with van der Waals surface area (Å²) in [6, 6.07) is 10.6. The van der Waals surface area contributed by atoms with E-state index < -0.39 is 5.97 Å². The highest BCUT2D eigenvalue weighted by molar-refractivity contribution is 6.01. The number of carboxylic acids is 1. The van der Waals surface area contributed by atoms with E-state index in [1.54, 1.807) is 42.5 Å². The fourth-order valence-corrected chi connectivity index (χ4v) is 1.73. The van der Waals surface area contributed by atoms with E-state index in [-0.39, 0.29) is 12.3 Å². The van der Waals surface area contributed by atoms with E-state index in [2.05, 4.69) is 5.32 Å². The van der Waals surface area contributed by atoms with Gasteiger partial charge in [0.15, 0.2) is 0 Å². The first-order chi connectivity index (χ1) is 10.1. The molecule has 0 fully saturated rings. The monoisotopic (exact) mass is 285 g/mol. The summed E-state index contributed by atoms with van der Waals surface area (Å²) >= 11 is 0. The number of rotatable bonds is 6. The second-order valence-corrected chi connectivity index (χ2v) is 4.43. The largest absolute Gasteiger partial charge is 0.481 e. The highest BCUT2D eigenvalue weighted by Crippen LogP contribution is 2.11. The Bertz CT molecular complexity index is 627. The molecule has 2 aromatic rings. The number of amides is 1. The number of aliphatic carboxylic acids is 1. The van der Waals surface area contributed by atoms with Crippen LogP contribution < -0.4 is 5.32 Å². The van der Waals surface area contributed by atoms with Crippen LogP contribution in [0.4, 0.5) is 5.69 Å². The molecule has 0 aliphatic heterocycles. The third-order valence-electron chi connectivity index (χ3n) is 2.79. The third-order valence-corrected chi connectivity index (χ3v) is 2.79. The van der Waals surface area contributed by atoms with Crippen molar-refractivity contribution in [1.82, 2.24) is 0 Å². The summed E-state index contributed by atoms with van der Waals surface area (Å²) in [5.74, 6) is -0.478. The van der Waals surface area contributed by atoms with Crippen molar-refractivity contribution < 1.29 is 19.1 Å². The van der Waals surface area contributed by atoms with Crippen LogP contribution in [0.15, 0.2) is 53.2 Å². The first kappa shape index (κ1) is 14.6. The summed E-state index contributed by atoms with van der Waals surface area (Å²) in [7, 11) is 0. The van der Waals surface area contributed by atoms with Crippen molar-refractivity contribution in [2.45, 2.75) is 12.8 Å². The van der Waals surface area contributed by atoms with Gasteiger partial charge in [-0.3, -0.25) is 9.59 Å². The van der Waals surface area contributed by atoms with Crippen molar-refractivity contribution in [1.29, 1.82) is 0 Å². The van der Waals surface area contributed by atoms with Crippen molar-refractivity contribution in [3.05, 3.63) is 60.1 Å². The van der Waals surface area contributed by atoms with Gasteiger partial charge >= 0.3 is 5.97 Å². The van der Waals surface area contributed by atoms with Crippen LogP contribution in [0.5, 0.6) is 0 Å². The van der Waals surface area contributed by atoms with E-state index in [0.717, 1.165) is 5.56 Å². The quantitative estimate of drug-likeness (QED) is 0.800. The SMILES string of the molecule is O=C(O)CCc1ccc(NC(=O)C=Cc2ccco2)cc1. The molecule has 0 bridgehead atoms. The molecule has 5 heteroatoms. The lowest BCUT2D eigenvalue weighted by molar-refractivity contribution is -0.137. The van der Waals surface area contributed by atoms with Gasteiger partial charge < -0.3 is 14.8 Å². The van der Waals surface area contributed by atoms with Crippen molar-refractivity contribution in [2.75, 3.05) is 5.32 Å². The molecule has 0 radical (unpaired) electrons. The fraction of sp³-hybridized carbons (Fsp3) is 0.125. The molecular weight excluding hydrogens is 270 g/mol. The van der Waals surface area contributed by atoms with E-state index in [1.807, 2.05) is 0 Å². The molecule has 0 aliphatic rings. The van der Waals surface area contributed by atoms with Gasteiger partial charge in [-0.05, 0) is 42.3 Å². The van der Waals surface area contributed by atoms with E-state index in [4.69, 9.17) is 9.52 Å². The topological polar surface area (TPSA) is 79.5 Å². The van der Waals surface area contributed by atoms with Crippen LogP contribution in [-0.2, 0) is 16.0 Å². The smallest absolute Gasteiger partial charge is 0.303 e. The van der Waals surface area contributed by atoms with Gasteiger partial charge in [-0.15, -0.1) is 0 Å². The summed E-state index contributed by atoms with van der Waals surface area (Å²) < 4.78 is 5.08. The highest BCUT2D eigenvalue weighted by Gasteiger charge is 2.01. The number of hydrogen-bond acceptors (Lipinski definition) is 3. The Morgan fingerprint density at radius 1 is 1.19 bits per heavy atom. The fourth-order valence-electron chi connectivity index (χ4n) is 1.73. The molecule has 2 N–H and O–H groups in total. The van der Waals surface area contributed by atoms with Gasteiger partial charge in [0.05, 0.1) is 6.26 Å². The Morgan fingerprint density at radius 2 is 1.95 bits per heavy atom. The van der Waals surface area contributed by atoms with Gasteiger partial charge in [0.25, 0.3) is 0 Å². The minimum Gasteiger partial charge on any atom is -0.481 e.